The Hall–Kier alpha value is -0.940. The number of hydrogen-bond acceptors (Lipinski definition) is 3. The van der Waals surface area contributed by atoms with Gasteiger partial charge in [-0.25, -0.2) is 12.8 Å². The molecule has 0 aromatic heterocycles. The van der Waals surface area contributed by atoms with Crippen molar-refractivity contribution in [2.24, 2.45) is 0 Å². The van der Waals surface area contributed by atoms with Crippen molar-refractivity contribution in [2.45, 2.75) is 11.3 Å². The molecule has 5 heteroatoms. The van der Waals surface area contributed by atoms with Crippen LogP contribution in [-0.2, 0) is 9.84 Å². The summed E-state index contributed by atoms with van der Waals surface area (Å²) in [5.41, 5.74) is 0. The maximum absolute atomic E-state index is 12.7. The van der Waals surface area contributed by atoms with E-state index >= 15 is 0 Å². The summed E-state index contributed by atoms with van der Waals surface area (Å²) in [7, 11) is -3.44. The summed E-state index contributed by atoms with van der Waals surface area (Å²) in [6, 6.07) is 4.86. The fourth-order valence-electron chi connectivity index (χ4n) is 1.03. The molecule has 0 aliphatic carbocycles. The highest BCUT2D eigenvalue weighted by molar-refractivity contribution is 7.91. The number of benzene rings is 1. The first kappa shape index (κ1) is 11.1. The summed E-state index contributed by atoms with van der Waals surface area (Å²) in [4.78, 5) is -0.0362. The SMILES string of the molecule is O=S(=O)(CCCO)c1cccc(F)c1. The smallest absolute Gasteiger partial charge is 0.178 e. The fraction of sp³-hybridized carbons (Fsp3) is 0.333. The van der Waals surface area contributed by atoms with E-state index in [1.807, 2.05) is 0 Å². The molecule has 78 valence electrons. The lowest BCUT2D eigenvalue weighted by molar-refractivity contribution is 0.295. The van der Waals surface area contributed by atoms with E-state index < -0.39 is 15.7 Å². The van der Waals surface area contributed by atoms with Crippen LogP contribution in [0.2, 0.25) is 0 Å². The Morgan fingerprint density at radius 3 is 2.64 bits per heavy atom. The Morgan fingerprint density at radius 1 is 1.36 bits per heavy atom. The first-order valence-electron chi connectivity index (χ1n) is 4.15. The highest BCUT2D eigenvalue weighted by Crippen LogP contribution is 2.12. The summed E-state index contributed by atoms with van der Waals surface area (Å²) >= 11 is 0. The van der Waals surface area contributed by atoms with Gasteiger partial charge in [0.1, 0.15) is 5.82 Å². The van der Waals surface area contributed by atoms with Crippen molar-refractivity contribution in [3.05, 3.63) is 30.1 Å². The normalized spacial score (nSPS) is 11.6. The van der Waals surface area contributed by atoms with Gasteiger partial charge in [-0.05, 0) is 24.6 Å². The molecule has 1 aromatic rings. The van der Waals surface area contributed by atoms with Crippen LogP contribution in [0.15, 0.2) is 29.2 Å². The van der Waals surface area contributed by atoms with E-state index in [4.69, 9.17) is 5.11 Å². The molecule has 1 aromatic carbocycles. The molecule has 0 fully saturated rings. The lowest BCUT2D eigenvalue weighted by Crippen LogP contribution is -2.08. The van der Waals surface area contributed by atoms with Crippen molar-refractivity contribution in [1.29, 1.82) is 0 Å². The van der Waals surface area contributed by atoms with Crippen molar-refractivity contribution < 1.29 is 17.9 Å². The molecule has 0 radical (unpaired) electrons. The van der Waals surface area contributed by atoms with Gasteiger partial charge in [-0.15, -0.1) is 0 Å². The Kier molecular flexibility index (Phi) is 3.60. The average molecular weight is 218 g/mol. The molecule has 0 aliphatic rings. The molecule has 0 amide bonds. The number of halogens is 1. The van der Waals surface area contributed by atoms with E-state index in [1.165, 1.54) is 18.2 Å². The molecule has 0 saturated heterocycles. The van der Waals surface area contributed by atoms with Crippen LogP contribution in [0.1, 0.15) is 6.42 Å². The Morgan fingerprint density at radius 2 is 2.07 bits per heavy atom. The zero-order valence-electron chi connectivity index (χ0n) is 7.48. The van der Waals surface area contributed by atoms with Gasteiger partial charge in [-0.3, -0.25) is 0 Å². The minimum atomic E-state index is -3.44. The third-order valence-electron chi connectivity index (χ3n) is 1.73. The summed E-state index contributed by atoms with van der Waals surface area (Å²) in [5, 5.41) is 8.49. The number of hydrogen-bond donors (Lipinski definition) is 1. The Bertz CT molecular complexity index is 400. The monoisotopic (exact) mass is 218 g/mol. The van der Waals surface area contributed by atoms with Crippen LogP contribution in [0.4, 0.5) is 4.39 Å². The van der Waals surface area contributed by atoms with Crippen LogP contribution in [0.5, 0.6) is 0 Å². The van der Waals surface area contributed by atoms with Crippen LogP contribution in [-0.4, -0.2) is 25.9 Å². The van der Waals surface area contributed by atoms with E-state index in [9.17, 15) is 12.8 Å². The van der Waals surface area contributed by atoms with Crippen LogP contribution in [0, 0.1) is 5.82 Å². The minimum Gasteiger partial charge on any atom is -0.396 e. The predicted molar refractivity (Wildman–Crippen MR) is 50.2 cm³/mol. The Labute approximate surface area is 82.1 Å². The number of sulfone groups is 1. The van der Waals surface area contributed by atoms with Crippen molar-refractivity contribution in [1.82, 2.24) is 0 Å². The van der Waals surface area contributed by atoms with Gasteiger partial charge < -0.3 is 5.11 Å². The maximum atomic E-state index is 12.7. The van der Waals surface area contributed by atoms with Gasteiger partial charge in [0, 0.05) is 6.61 Å². The highest BCUT2D eigenvalue weighted by atomic mass is 32.2. The van der Waals surface area contributed by atoms with Crippen molar-refractivity contribution in [2.75, 3.05) is 12.4 Å². The molecule has 0 heterocycles. The number of aliphatic hydroxyl groups excluding tert-OH is 1. The molecule has 14 heavy (non-hydrogen) atoms. The highest BCUT2D eigenvalue weighted by Gasteiger charge is 2.13. The zero-order valence-corrected chi connectivity index (χ0v) is 8.30. The lowest BCUT2D eigenvalue weighted by atomic mass is 10.4. The molecule has 0 atom stereocenters. The van der Waals surface area contributed by atoms with Crippen LogP contribution < -0.4 is 0 Å². The van der Waals surface area contributed by atoms with E-state index in [0.29, 0.717) is 0 Å². The van der Waals surface area contributed by atoms with Gasteiger partial charge in [-0.1, -0.05) is 6.07 Å². The molecule has 1 N–H and O–H groups in total. The topological polar surface area (TPSA) is 54.4 Å². The second-order valence-electron chi connectivity index (χ2n) is 2.85. The van der Waals surface area contributed by atoms with Gasteiger partial charge in [0.2, 0.25) is 0 Å². The summed E-state index contributed by atoms with van der Waals surface area (Å²) in [6.07, 6.45) is 0.166. The minimum absolute atomic E-state index is 0.0362. The molecule has 0 unspecified atom stereocenters. The van der Waals surface area contributed by atoms with E-state index in [2.05, 4.69) is 0 Å². The molecular weight excluding hydrogens is 207 g/mol. The third-order valence-corrected chi connectivity index (χ3v) is 3.52. The van der Waals surface area contributed by atoms with E-state index in [-0.39, 0.29) is 23.7 Å². The third kappa shape index (κ3) is 2.78. The number of aliphatic hydroxyl groups is 1. The van der Waals surface area contributed by atoms with Crippen LogP contribution in [0.3, 0.4) is 0 Å². The molecule has 0 bridgehead atoms. The van der Waals surface area contributed by atoms with Gasteiger partial charge in [0.25, 0.3) is 0 Å². The molecule has 0 saturated carbocycles. The molecule has 1 rings (SSSR count). The maximum Gasteiger partial charge on any atom is 0.178 e. The predicted octanol–water partition coefficient (Wildman–Crippen LogP) is 0.982. The average Bonchev–Trinajstić information content (AvgIpc) is 2.15. The fourth-order valence-corrected chi connectivity index (χ4v) is 2.36. The standard InChI is InChI=1S/C9H11FO3S/c10-8-3-1-4-9(7-8)14(12,13)6-2-5-11/h1,3-4,7,11H,2,5-6H2. The van der Waals surface area contributed by atoms with Gasteiger partial charge >= 0.3 is 0 Å². The summed E-state index contributed by atoms with van der Waals surface area (Å²) in [6.45, 7) is -0.186. The second kappa shape index (κ2) is 4.52. The van der Waals surface area contributed by atoms with Crippen LogP contribution in [0.25, 0.3) is 0 Å². The zero-order chi connectivity index (χ0) is 10.6. The summed E-state index contributed by atoms with van der Waals surface area (Å²) < 4.78 is 35.6. The summed E-state index contributed by atoms with van der Waals surface area (Å²) in [5.74, 6) is -0.734. The second-order valence-corrected chi connectivity index (χ2v) is 4.96. The lowest BCUT2D eigenvalue weighted by Gasteiger charge is -2.02. The van der Waals surface area contributed by atoms with E-state index in [1.54, 1.807) is 0 Å². The number of rotatable bonds is 4. The first-order valence-corrected chi connectivity index (χ1v) is 5.80. The van der Waals surface area contributed by atoms with Gasteiger partial charge in [0.15, 0.2) is 9.84 Å². The Balaban J connectivity index is 2.93. The van der Waals surface area contributed by atoms with Gasteiger partial charge in [-0.2, -0.15) is 0 Å². The van der Waals surface area contributed by atoms with Crippen molar-refractivity contribution in [3.8, 4) is 0 Å². The van der Waals surface area contributed by atoms with Crippen molar-refractivity contribution >= 4 is 9.84 Å². The molecule has 3 nitrogen and oxygen atoms in total. The molecule has 0 spiro atoms. The quantitative estimate of drug-likeness (QED) is 0.819. The largest absolute Gasteiger partial charge is 0.396 e. The van der Waals surface area contributed by atoms with Gasteiger partial charge in [0.05, 0.1) is 10.6 Å². The van der Waals surface area contributed by atoms with Crippen LogP contribution >= 0.6 is 0 Å². The molecule has 0 aliphatic heterocycles. The van der Waals surface area contributed by atoms with E-state index in [0.717, 1.165) is 6.07 Å². The molecular formula is C9H11FO3S. The van der Waals surface area contributed by atoms with Crippen molar-refractivity contribution in [3.63, 3.8) is 0 Å². The first-order chi connectivity index (χ1) is 6.56.